The first-order chi connectivity index (χ1) is 11.9. The number of amides is 1. The van der Waals surface area contributed by atoms with E-state index in [-0.39, 0.29) is 29.1 Å². The Balaban J connectivity index is 2.00. The van der Waals surface area contributed by atoms with Gasteiger partial charge < -0.3 is 15.8 Å². The molecule has 0 fully saturated rings. The molecule has 25 heavy (non-hydrogen) atoms. The van der Waals surface area contributed by atoms with Crippen molar-refractivity contribution in [1.29, 1.82) is 0 Å². The summed E-state index contributed by atoms with van der Waals surface area (Å²) in [6.45, 7) is 3.61. The van der Waals surface area contributed by atoms with Gasteiger partial charge in [0.15, 0.2) is 5.16 Å². The van der Waals surface area contributed by atoms with E-state index in [2.05, 4.69) is 20.3 Å². The van der Waals surface area contributed by atoms with Gasteiger partial charge in [-0.25, -0.2) is 19.7 Å². The third-order valence-corrected chi connectivity index (χ3v) is 4.12. The van der Waals surface area contributed by atoms with Crippen molar-refractivity contribution in [3.8, 4) is 0 Å². The smallest absolute Gasteiger partial charge is 0.343 e. The Morgan fingerprint density at radius 3 is 2.72 bits per heavy atom. The number of carbonyl (C=O) groups is 2. The molecule has 0 saturated carbocycles. The number of anilines is 2. The van der Waals surface area contributed by atoms with Crippen molar-refractivity contribution in [2.75, 3.05) is 17.7 Å². The van der Waals surface area contributed by atoms with E-state index in [9.17, 15) is 9.59 Å². The van der Waals surface area contributed by atoms with Crippen molar-refractivity contribution in [2.24, 2.45) is 0 Å². The molecule has 132 valence electrons. The maximum absolute atomic E-state index is 12.2. The molecule has 0 saturated heterocycles. The molecule has 0 aromatic carbocycles. The number of pyridine rings is 1. The molecule has 0 aliphatic rings. The van der Waals surface area contributed by atoms with E-state index in [0.29, 0.717) is 10.8 Å². The second-order valence-corrected chi connectivity index (χ2v) is 6.53. The zero-order valence-electron chi connectivity index (χ0n) is 13.5. The first-order valence-corrected chi connectivity index (χ1v) is 8.55. The molecule has 0 radical (unpaired) electrons. The Bertz CT molecular complexity index is 772. The van der Waals surface area contributed by atoms with Gasteiger partial charge in [-0.3, -0.25) is 4.79 Å². The summed E-state index contributed by atoms with van der Waals surface area (Å²) in [5, 5.41) is 2.90. The minimum Gasteiger partial charge on any atom is -0.462 e. The van der Waals surface area contributed by atoms with Crippen molar-refractivity contribution < 1.29 is 14.3 Å². The molecule has 3 N–H and O–H groups in total. The molecule has 0 unspecified atom stereocenters. The summed E-state index contributed by atoms with van der Waals surface area (Å²) < 4.78 is 4.86. The van der Waals surface area contributed by atoms with Crippen LogP contribution >= 0.6 is 23.4 Å². The van der Waals surface area contributed by atoms with Crippen LogP contribution in [0.15, 0.2) is 29.7 Å². The molecular formula is C15H16ClN5O3S. The van der Waals surface area contributed by atoms with E-state index in [1.54, 1.807) is 26.0 Å². The molecule has 0 bridgehead atoms. The van der Waals surface area contributed by atoms with Crippen molar-refractivity contribution in [3.63, 3.8) is 0 Å². The summed E-state index contributed by atoms with van der Waals surface area (Å²) in [4.78, 5) is 35.9. The van der Waals surface area contributed by atoms with Gasteiger partial charge >= 0.3 is 5.97 Å². The van der Waals surface area contributed by atoms with Gasteiger partial charge in [0.2, 0.25) is 5.91 Å². The zero-order valence-corrected chi connectivity index (χ0v) is 15.1. The molecule has 0 aliphatic carbocycles. The number of hydrogen-bond acceptors (Lipinski definition) is 8. The van der Waals surface area contributed by atoms with E-state index in [1.807, 2.05) is 0 Å². The summed E-state index contributed by atoms with van der Waals surface area (Å²) >= 11 is 6.85. The fraction of sp³-hybridized carbons (Fsp3) is 0.267. The van der Waals surface area contributed by atoms with Crippen LogP contribution in [0.25, 0.3) is 0 Å². The largest absolute Gasteiger partial charge is 0.462 e. The normalized spacial score (nSPS) is 11.6. The van der Waals surface area contributed by atoms with Crippen molar-refractivity contribution in [1.82, 2.24) is 15.0 Å². The van der Waals surface area contributed by atoms with Crippen molar-refractivity contribution in [2.45, 2.75) is 24.3 Å². The van der Waals surface area contributed by atoms with E-state index in [1.165, 1.54) is 12.4 Å². The number of hydrogen-bond donors (Lipinski definition) is 2. The number of carbonyl (C=O) groups excluding carboxylic acids is 2. The van der Waals surface area contributed by atoms with E-state index >= 15 is 0 Å². The van der Waals surface area contributed by atoms with E-state index in [4.69, 9.17) is 22.1 Å². The van der Waals surface area contributed by atoms with Gasteiger partial charge in [0.25, 0.3) is 0 Å². The predicted octanol–water partition coefficient (Wildman–Crippen LogP) is 2.40. The van der Waals surface area contributed by atoms with Gasteiger partial charge in [-0.1, -0.05) is 23.4 Å². The summed E-state index contributed by atoms with van der Waals surface area (Å²) in [5.74, 6) is -0.476. The van der Waals surface area contributed by atoms with Crippen LogP contribution in [0.2, 0.25) is 5.02 Å². The predicted molar refractivity (Wildman–Crippen MR) is 95.6 cm³/mol. The minimum atomic E-state index is -0.587. The number of esters is 1. The monoisotopic (exact) mass is 381 g/mol. The maximum Gasteiger partial charge on any atom is 0.343 e. The van der Waals surface area contributed by atoms with E-state index in [0.717, 1.165) is 11.8 Å². The number of ether oxygens (including phenoxy) is 1. The number of nitrogens with zero attached hydrogens (tertiary/aromatic N) is 3. The van der Waals surface area contributed by atoms with Gasteiger partial charge in [0.1, 0.15) is 17.2 Å². The van der Waals surface area contributed by atoms with Crippen LogP contribution in [-0.2, 0) is 9.53 Å². The minimum absolute atomic E-state index is 0.00271. The first-order valence-electron chi connectivity index (χ1n) is 7.29. The molecule has 0 spiro atoms. The third-order valence-electron chi connectivity index (χ3n) is 2.92. The highest BCUT2D eigenvalue weighted by molar-refractivity contribution is 8.00. The summed E-state index contributed by atoms with van der Waals surface area (Å²) in [6.07, 6.45) is 2.72. The maximum atomic E-state index is 12.2. The zero-order chi connectivity index (χ0) is 18.4. The standard InChI is InChI=1S/C15H16ClN5O3S/c1-3-24-14(23)10-7-19-15(21-12(10)17)25-8(2)13(22)20-11-5-4-9(16)6-18-11/h4-8H,3H2,1-2H3,(H2,17,19,21)(H,18,20,22)/t8-/m0/s1. The molecule has 1 atom stereocenters. The second-order valence-electron chi connectivity index (χ2n) is 4.78. The highest BCUT2D eigenvalue weighted by Crippen LogP contribution is 2.22. The number of nitrogens with two attached hydrogens (primary N) is 1. The Kier molecular flexibility index (Phi) is 6.54. The lowest BCUT2D eigenvalue weighted by atomic mass is 10.3. The molecule has 10 heteroatoms. The van der Waals surface area contributed by atoms with Crippen LogP contribution in [0.4, 0.5) is 11.6 Å². The highest BCUT2D eigenvalue weighted by atomic mass is 35.5. The second kappa shape index (κ2) is 8.63. The lowest BCUT2D eigenvalue weighted by Crippen LogP contribution is -2.23. The number of thioether (sulfide) groups is 1. The molecule has 8 nitrogen and oxygen atoms in total. The van der Waals surface area contributed by atoms with Crippen LogP contribution < -0.4 is 11.1 Å². The molecule has 1 amide bonds. The van der Waals surface area contributed by atoms with Gasteiger partial charge in [0, 0.05) is 12.4 Å². The van der Waals surface area contributed by atoms with Crippen LogP contribution in [0, 0.1) is 0 Å². The molecule has 2 heterocycles. The number of nitrogen functional groups attached to an aromatic ring is 1. The lowest BCUT2D eigenvalue weighted by molar-refractivity contribution is -0.115. The average Bonchev–Trinajstić information content (AvgIpc) is 2.57. The molecule has 2 aromatic rings. The van der Waals surface area contributed by atoms with Crippen LogP contribution in [0.5, 0.6) is 0 Å². The lowest BCUT2D eigenvalue weighted by Gasteiger charge is -2.11. The van der Waals surface area contributed by atoms with Gasteiger partial charge in [-0.2, -0.15) is 0 Å². The number of halogens is 1. The third kappa shape index (κ3) is 5.30. The quantitative estimate of drug-likeness (QED) is 0.444. The average molecular weight is 382 g/mol. The molecule has 0 aliphatic heterocycles. The number of rotatable bonds is 6. The highest BCUT2D eigenvalue weighted by Gasteiger charge is 2.19. The number of nitrogens with one attached hydrogen (secondary N) is 1. The summed E-state index contributed by atoms with van der Waals surface area (Å²) in [6, 6.07) is 3.22. The summed E-state index contributed by atoms with van der Waals surface area (Å²) in [5.41, 5.74) is 5.85. The van der Waals surface area contributed by atoms with Crippen molar-refractivity contribution >= 4 is 46.9 Å². The van der Waals surface area contributed by atoms with E-state index < -0.39 is 11.2 Å². The van der Waals surface area contributed by atoms with Gasteiger partial charge in [0.05, 0.1) is 16.9 Å². The van der Waals surface area contributed by atoms with Crippen molar-refractivity contribution in [3.05, 3.63) is 35.1 Å². The van der Waals surface area contributed by atoms with Crippen LogP contribution in [0.1, 0.15) is 24.2 Å². The molecule has 2 rings (SSSR count). The van der Waals surface area contributed by atoms with Crippen LogP contribution in [0.3, 0.4) is 0 Å². The molecule has 2 aromatic heterocycles. The fourth-order valence-electron chi connectivity index (χ4n) is 1.69. The Hall–Kier alpha value is -2.39. The first kappa shape index (κ1) is 18.9. The Labute approximate surface area is 153 Å². The fourth-order valence-corrected chi connectivity index (χ4v) is 2.55. The topological polar surface area (TPSA) is 120 Å². The summed E-state index contributed by atoms with van der Waals surface area (Å²) in [7, 11) is 0. The molecular weight excluding hydrogens is 366 g/mol. The SMILES string of the molecule is CCOC(=O)c1cnc(S[C@@H](C)C(=O)Nc2ccc(Cl)cn2)nc1N. The Morgan fingerprint density at radius 1 is 1.36 bits per heavy atom. The van der Waals surface area contributed by atoms with Crippen LogP contribution in [-0.4, -0.2) is 38.7 Å². The Morgan fingerprint density at radius 2 is 2.12 bits per heavy atom. The van der Waals surface area contributed by atoms with Gasteiger partial charge in [-0.15, -0.1) is 0 Å². The van der Waals surface area contributed by atoms with Gasteiger partial charge in [-0.05, 0) is 26.0 Å². The number of aromatic nitrogens is 3.